The van der Waals surface area contributed by atoms with Crippen molar-refractivity contribution in [1.29, 1.82) is 0 Å². The third kappa shape index (κ3) is 4.72. The maximum Gasteiger partial charge on any atom is 0.396 e. The average molecular weight is 408 g/mol. The number of aromatic amines is 1. The van der Waals surface area contributed by atoms with Gasteiger partial charge in [0.15, 0.2) is 8.32 Å². The van der Waals surface area contributed by atoms with Gasteiger partial charge in [-0.1, -0.05) is 20.8 Å². The summed E-state index contributed by atoms with van der Waals surface area (Å²) in [6.07, 6.45) is -6.04. The highest BCUT2D eigenvalue weighted by Gasteiger charge is 2.53. The number of nitrogens with zero attached hydrogens (tertiary/aromatic N) is 1. The summed E-state index contributed by atoms with van der Waals surface area (Å²) in [5.74, 6) is -1.85. The molecule has 6 nitrogen and oxygen atoms in total. The zero-order valence-electron chi connectivity index (χ0n) is 16.4. The largest absolute Gasteiger partial charge is 0.414 e. The molecule has 0 unspecified atom stereocenters. The first-order valence-corrected chi connectivity index (χ1v) is 11.7. The zero-order chi connectivity index (χ0) is 20.8. The van der Waals surface area contributed by atoms with Gasteiger partial charge in [-0.05, 0) is 31.5 Å². The van der Waals surface area contributed by atoms with Gasteiger partial charge in [0.25, 0.3) is 5.56 Å². The molecule has 1 aromatic rings. The lowest BCUT2D eigenvalue weighted by atomic mass is 10.0. The fourth-order valence-corrected chi connectivity index (χ4v) is 3.74. The standard InChI is InChI=1S/C17H27F3N2O4Si/c1-10-8-22(15(24)21-13(10)23)14-12(17(18,19)20)7-11(26-14)9-25-27(5,6)16(2,3)4/h8,11-12,14H,7,9H2,1-6H3,(H,21,23,24)/t11-,12+,14+/m0/s1. The number of rotatable bonds is 4. The van der Waals surface area contributed by atoms with Gasteiger partial charge in [0.2, 0.25) is 0 Å². The highest BCUT2D eigenvalue weighted by molar-refractivity contribution is 6.74. The van der Waals surface area contributed by atoms with Gasteiger partial charge in [-0.2, -0.15) is 13.2 Å². The van der Waals surface area contributed by atoms with E-state index in [1.807, 2.05) is 38.8 Å². The molecule has 1 aromatic heterocycles. The fourth-order valence-electron chi connectivity index (χ4n) is 2.70. The Bertz CT molecular complexity index is 795. The van der Waals surface area contributed by atoms with E-state index in [-0.39, 0.29) is 23.6 Å². The lowest BCUT2D eigenvalue weighted by Crippen LogP contribution is -2.42. The topological polar surface area (TPSA) is 73.3 Å². The van der Waals surface area contributed by atoms with E-state index in [4.69, 9.17) is 9.16 Å². The Morgan fingerprint density at radius 3 is 2.41 bits per heavy atom. The molecule has 0 spiro atoms. The van der Waals surface area contributed by atoms with Crippen molar-refractivity contribution in [3.05, 3.63) is 32.6 Å². The maximum absolute atomic E-state index is 13.5. The van der Waals surface area contributed by atoms with E-state index in [0.29, 0.717) is 0 Å². The van der Waals surface area contributed by atoms with Gasteiger partial charge in [-0.3, -0.25) is 14.3 Å². The lowest BCUT2D eigenvalue weighted by Gasteiger charge is -2.36. The molecule has 0 amide bonds. The van der Waals surface area contributed by atoms with Crippen molar-refractivity contribution in [3.8, 4) is 0 Å². The van der Waals surface area contributed by atoms with Crippen molar-refractivity contribution < 1.29 is 22.3 Å². The average Bonchev–Trinajstić information content (AvgIpc) is 2.92. The van der Waals surface area contributed by atoms with Gasteiger partial charge in [-0.15, -0.1) is 0 Å². The quantitative estimate of drug-likeness (QED) is 0.776. The third-order valence-electron chi connectivity index (χ3n) is 5.47. The number of hydrogen-bond acceptors (Lipinski definition) is 4. The van der Waals surface area contributed by atoms with Crippen LogP contribution >= 0.6 is 0 Å². The second-order valence-electron chi connectivity index (χ2n) is 8.58. The van der Waals surface area contributed by atoms with E-state index in [0.717, 1.165) is 10.8 Å². The Kier molecular flexibility index (Phi) is 5.85. The molecule has 10 heteroatoms. The summed E-state index contributed by atoms with van der Waals surface area (Å²) in [5, 5.41) is -0.0819. The molecule has 3 atom stereocenters. The number of halogens is 3. The van der Waals surface area contributed by atoms with Crippen LogP contribution in [0.3, 0.4) is 0 Å². The first kappa shape index (κ1) is 21.9. The van der Waals surface area contributed by atoms with E-state index in [9.17, 15) is 22.8 Å². The number of aromatic nitrogens is 2. The number of hydrogen-bond donors (Lipinski definition) is 1. The minimum absolute atomic E-state index is 0.0384. The van der Waals surface area contributed by atoms with Crippen molar-refractivity contribution in [1.82, 2.24) is 9.55 Å². The zero-order valence-corrected chi connectivity index (χ0v) is 17.4. The van der Waals surface area contributed by atoms with Crippen molar-refractivity contribution in [2.24, 2.45) is 5.92 Å². The number of alkyl halides is 3. The first-order valence-electron chi connectivity index (χ1n) is 8.81. The molecule has 2 rings (SSSR count). The van der Waals surface area contributed by atoms with E-state index in [1.165, 1.54) is 6.92 Å². The monoisotopic (exact) mass is 408 g/mol. The first-order chi connectivity index (χ1) is 12.1. The van der Waals surface area contributed by atoms with Crippen LogP contribution in [-0.2, 0) is 9.16 Å². The van der Waals surface area contributed by atoms with Crippen LogP contribution in [0.2, 0.25) is 18.1 Å². The summed E-state index contributed by atoms with van der Waals surface area (Å²) < 4.78 is 53.0. The molecular weight excluding hydrogens is 381 g/mol. The van der Waals surface area contributed by atoms with Crippen LogP contribution in [0.4, 0.5) is 13.2 Å². The minimum Gasteiger partial charge on any atom is -0.414 e. The number of ether oxygens (including phenoxy) is 1. The Hall–Kier alpha value is -1.39. The van der Waals surface area contributed by atoms with Gasteiger partial charge in [-0.25, -0.2) is 4.79 Å². The van der Waals surface area contributed by atoms with Crippen LogP contribution in [0.5, 0.6) is 0 Å². The van der Waals surface area contributed by atoms with Crippen LogP contribution < -0.4 is 11.2 Å². The summed E-state index contributed by atoms with van der Waals surface area (Å²) in [6, 6.07) is 0. The third-order valence-corrected chi connectivity index (χ3v) is 9.97. The summed E-state index contributed by atoms with van der Waals surface area (Å²) in [5.41, 5.74) is -1.41. The normalized spacial score (nSPS) is 24.4. The van der Waals surface area contributed by atoms with E-state index < -0.39 is 44.0 Å². The van der Waals surface area contributed by atoms with Crippen LogP contribution in [0.25, 0.3) is 0 Å². The molecule has 1 aliphatic heterocycles. The van der Waals surface area contributed by atoms with Gasteiger partial charge < -0.3 is 9.16 Å². The maximum atomic E-state index is 13.5. The predicted molar refractivity (Wildman–Crippen MR) is 97.3 cm³/mol. The van der Waals surface area contributed by atoms with Crippen LogP contribution in [0.1, 0.15) is 39.0 Å². The smallest absolute Gasteiger partial charge is 0.396 e. The molecule has 1 N–H and O–H groups in total. The van der Waals surface area contributed by atoms with E-state index >= 15 is 0 Å². The van der Waals surface area contributed by atoms with Gasteiger partial charge >= 0.3 is 11.9 Å². The van der Waals surface area contributed by atoms with Gasteiger partial charge in [0.05, 0.1) is 12.7 Å². The Labute approximate surface area is 156 Å². The summed E-state index contributed by atoms with van der Waals surface area (Å²) >= 11 is 0. The molecule has 27 heavy (non-hydrogen) atoms. The second-order valence-corrected chi connectivity index (χ2v) is 13.4. The number of H-pyrrole nitrogens is 1. The summed E-state index contributed by atoms with van der Waals surface area (Å²) in [7, 11) is -2.15. The molecule has 0 saturated carbocycles. The van der Waals surface area contributed by atoms with Crippen LogP contribution in [0.15, 0.2) is 15.8 Å². The lowest BCUT2D eigenvalue weighted by molar-refractivity contribution is -0.198. The molecule has 1 fully saturated rings. The van der Waals surface area contributed by atoms with Gasteiger partial charge in [0.1, 0.15) is 12.1 Å². The van der Waals surface area contributed by atoms with Gasteiger partial charge in [0, 0.05) is 11.8 Å². The number of nitrogens with one attached hydrogen (secondary N) is 1. The second kappa shape index (κ2) is 7.21. The van der Waals surface area contributed by atoms with E-state index in [1.54, 1.807) is 0 Å². The highest BCUT2D eigenvalue weighted by atomic mass is 28.4. The molecule has 154 valence electrons. The predicted octanol–water partition coefficient (Wildman–Crippen LogP) is 3.33. The fraction of sp³-hybridized carbons (Fsp3) is 0.765. The minimum atomic E-state index is -4.54. The van der Waals surface area contributed by atoms with E-state index in [2.05, 4.69) is 0 Å². The Balaban J connectivity index is 2.27. The summed E-state index contributed by atoms with van der Waals surface area (Å²) in [6.45, 7) is 11.6. The SMILES string of the molecule is Cc1cn([C@@H]2O[C@H](CO[Si](C)(C)C(C)(C)C)C[C@H]2C(F)(F)F)c(=O)[nH]c1=O. The molecule has 0 bridgehead atoms. The van der Waals surface area contributed by atoms with Crippen LogP contribution in [-0.4, -0.2) is 36.8 Å². The molecular formula is C17H27F3N2O4Si. The molecule has 1 aliphatic rings. The van der Waals surface area contributed by atoms with Crippen molar-refractivity contribution in [2.75, 3.05) is 6.61 Å². The van der Waals surface area contributed by atoms with Crippen molar-refractivity contribution >= 4 is 8.32 Å². The molecule has 2 heterocycles. The van der Waals surface area contributed by atoms with Crippen molar-refractivity contribution in [2.45, 2.75) is 70.8 Å². The number of aryl methyl sites for hydroxylation is 1. The van der Waals surface area contributed by atoms with Crippen LogP contribution in [0, 0.1) is 12.8 Å². The highest BCUT2D eigenvalue weighted by Crippen LogP contribution is 2.45. The molecule has 0 radical (unpaired) electrons. The Morgan fingerprint density at radius 2 is 1.89 bits per heavy atom. The molecule has 1 saturated heterocycles. The summed E-state index contributed by atoms with van der Waals surface area (Å²) in [4.78, 5) is 25.6. The molecule has 0 aliphatic carbocycles. The Morgan fingerprint density at radius 1 is 1.30 bits per heavy atom. The van der Waals surface area contributed by atoms with Crippen molar-refractivity contribution in [3.63, 3.8) is 0 Å². The molecule has 0 aromatic carbocycles.